The van der Waals surface area contributed by atoms with Crippen LogP contribution in [-0.4, -0.2) is 30.7 Å². The van der Waals surface area contributed by atoms with E-state index in [4.69, 9.17) is 4.98 Å². The van der Waals surface area contributed by atoms with Crippen LogP contribution in [0.5, 0.6) is 0 Å². The monoisotopic (exact) mass is 404 g/mol. The molecule has 1 aromatic carbocycles. The molecule has 30 heavy (non-hydrogen) atoms. The van der Waals surface area contributed by atoms with E-state index in [1.807, 2.05) is 0 Å². The minimum atomic E-state index is 0.667. The highest BCUT2D eigenvalue weighted by Crippen LogP contribution is 2.19. The number of nitrogens with one attached hydrogen (secondary N) is 2. The first kappa shape index (κ1) is 20.9. The van der Waals surface area contributed by atoms with Crippen molar-refractivity contribution in [2.45, 2.75) is 65.0 Å². The van der Waals surface area contributed by atoms with E-state index < -0.39 is 0 Å². The van der Waals surface area contributed by atoms with Gasteiger partial charge in [-0.15, -0.1) is 0 Å². The molecule has 0 unspecified atom stereocenters. The molecule has 0 atom stereocenters. The van der Waals surface area contributed by atoms with Crippen molar-refractivity contribution in [3.63, 3.8) is 0 Å². The maximum atomic E-state index is 4.93. The smallest absolute Gasteiger partial charge is 0.128 e. The first-order valence-corrected chi connectivity index (χ1v) is 11.7. The minimum Gasteiger partial charge on any atom is -0.371 e. The number of aryl methyl sites for hydroxylation is 1. The highest BCUT2D eigenvalue weighted by molar-refractivity contribution is 5.60. The molecule has 4 rings (SSSR count). The number of unbranched alkanes of at least 4 members (excludes halogenated alkanes) is 1. The lowest BCUT2D eigenvalue weighted by Crippen LogP contribution is -2.46. The number of benzene rings is 1. The summed E-state index contributed by atoms with van der Waals surface area (Å²) in [5.41, 5.74) is 3.94. The summed E-state index contributed by atoms with van der Waals surface area (Å²) < 4.78 is 0. The summed E-state index contributed by atoms with van der Waals surface area (Å²) in [5.74, 6) is 0.985. The predicted octanol–water partition coefficient (Wildman–Crippen LogP) is 3.72. The lowest BCUT2D eigenvalue weighted by molar-refractivity contribution is 0.412. The number of pyridine rings is 1. The third kappa shape index (κ3) is 5.23. The Morgan fingerprint density at radius 2 is 1.83 bits per heavy atom. The zero-order chi connectivity index (χ0) is 20.8. The number of anilines is 2. The topological polar surface area (TPSA) is 40.2 Å². The highest BCUT2D eigenvalue weighted by Gasteiger charge is 2.20. The Bertz CT molecular complexity index is 940. The predicted molar refractivity (Wildman–Crippen MR) is 128 cm³/mol. The van der Waals surface area contributed by atoms with Crippen LogP contribution in [0.1, 0.15) is 56.6 Å². The van der Waals surface area contributed by atoms with Crippen molar-refractivity contribution in [3.8, 4) is 0 Å². The van der Waals surface area contributed by atoms with Gasteiger partial charge >= 0.3 is 0 Å². The molecule has 0 amide bonds. The quantitative estimate of drug-likeness (QED) is 0.658. The van der Waals surface area contributed by atoms with Gasteiger partial charge in [-0.1, -0.05) is 55.3 Å². The Morgan fingerprint density at radius 3 is 2.60 bits per heavy atom. The molecule has 4 nitrogen and oxygen atoms in total. The van der Waals surface area contributed by atoms with Crippen molar-refractivity contribution in [1.29, 1.82) is 0 Å². The van der Waals surface area contributed by atoms with Gasteiger partial charge in [0.05, 0.1) is 5.35 Å². The van der Waals surface area contributed by atoms with Crippen molar-refractivity contribution in [2.24, 2.45) is 0 Å². The molecule has 0 bridgehead atoms. The van der Waals surface area contributed by atoms with Crippen molar-refractivity contribution in [1.82, 2.24) is 10.3 Å². The Morgan fingerprint density at radius 1 is 1.07 bits per heavy atom. The molecule has 1 aliphatic carbocycles. The minimum absolute atomic E-state index is 0.667. The fourth-order valence-electron chi connectivity index (χ4n) is 4.43. The van der Waals surface area contributed by atoms with Gasteiger partial charge in [0.25, 0.3) is 0 Å². The highest BCUT2D eigenvalue weighted by atomic mass is 15.2. The van der Waals surface area contributed by atoms with Gasteiger partial charge in [0.15, 0.2) is 0 Å². The van der Waals surface area contributed by atoms with Gasteiger partial charge in [-0.3, -0.25) is 0 Å². The summed E-state index contributed by atoms with van der Waals surface area (Å²) >= 11 is 0. The molecule has 160 valence electrons. The zero-order valence-electron chi connectivity index (χ0n) is 18.6. The number of piperidine rings is 1. The van der Waals surface area contributed by atoms with Crippen LogP contribution in [0, 0.1) is 6.92 Å². The molecule has 0 radical (unpaired) electrons. The summed E-state index contributed by atoms with van der Waals surface area (Å²) in [6.07, 6.45) is 11.9. The first-order chi connectivity index (χ1) is 14.7. The van der Waals surface area contributed by atoms with Gasteiger partial charge in [-0.05, 0) is 51.1 Å². The molecule has 2 heterocycles. The Hall–Kier alpha value is -2.33. The van der Waals surface area contributed by atoms with Crippen molar-refractivity contribution in [3.05, 3.63) is 52.0 Å². The van der Waals surface area contributed by atoms with E-state index in [1.165, 1.54) is 47.7 Å². The van der Waals surface area contributed by atoms with Crippen LogP contribution in [0.3, 0.4) is 0 Å². The number of hydrogen-bond acceptors (Lipinski definition) is 4. The van der Waals surface area contributed by atoms with Crippen molar-refractivity contribution in [2.75, 3.05) is 29.9 Å². The Balaban J connectivity index is 1.49. The molecule has 2 aromatic rings. The van der Waals surface area contributed by atoms with Gasteiger partial charge < -0.3 is 15.5 Å². The molecule has 1 aromatic heterocycles. The standard InChI is InChI=1S/C26H36N4/c1-3-4-15-27-22-13-16-30(17-14-22)25-18-26(29-24-8-6-5-7-23(24)25)28-19-21-11-9-20(2)10-12-21/h7-12,18,22,27H,3-6,13-17,19H2,1-2H3,(H,28,29). The molecular weight excluding hydrogens is 368 g/mol. The second kappa shape index (κ2) is 10.1. The van der Waals surface area contributed by atoms with Crippen molar-refractivity contribution >= 4 is 23.7 Å². The van der Waals surface area contributed by atoms with Crippen LogP contribution in [0.4, 0.5) is 11.5 Å². The van der Waals surface area contributed by atoms with Crippen LogP contribution in [0.2, 0.25) is 0 Å². The third-order valence-corrected chi connectivity index (χ3v) is 6.31. The summed E-state index contributed by atoms with van der Waals surface area (Å²) in [5, 5.41) is 9.79. The van der Waals surface area contributed by atoms with E-state index in [2.05, 4.69) is 71.9 Å². The van der Waals surface area contributed by atoms with Gasteiger partial charge in [-0.2, -0.15) is 0 Å². The summed E-state index contributed by atoms with van der Waals surface area (Å²) in [6, 6.07) is 11.7. The van der Waals surface area contributed by atoms with Gasteiger partial charge in [0, 0.05) is 42.6 Å². The van der Waals surface area contributed by atoms with Crippen LogP contribution >= 0.6 is 0 Å². The molecule has 1 saturated heterocycles. The van der Waals surface area contributed by atoms with Crippen molar-refractivity contribution < 1.29 is 0 Å². The average molecular weight is 405 g/mol. The second-order valence-electron chi connectivity index (χ2n) is 8.72. The lowest BCUT2D eigenvalue weighted by atomic mass is 10.0. The fraction of sp³-hybridized carbons (Fsp3) is 0.500. The Kier molecular flexibility index (Phi) is 7.06. The molecule has 2 aliphatic rings. The Labute approximate surface area is 181 Å². The number of fused-ring (bicyclic) bond motifs is 1. The number of rotatable bonds is 8. The van der Waals surface area contributed by atoms with Crippen LogP contribution in [-0.2, 0) is 6.54 Å². The van der Waals surface area contributed by atoms with E-state index in [-0.39, 0.29) is 0 Å². The van der Waals surface area contributed by atoms with E-state index in [1.54, 1.807) is 0 Å². The lowest BCUT2D eigenvalue weighted by Gasteiger charge is -2.34. The molecular formula is C26H36N4. The third-order valence-electron chi connectivity index (χ3n) is 6.31. The average Bonchev–Trinajstić information content (AvgIpc) is 2.79. The second-order valence-corrected chi connectivity index (χ2v) is 8.72. The largest absolute Gasteiger partial charge is 0.371 e. The fourth-order valence-corrected chi connectivity index (χ4v) is 4.43. The molecule has 0 spiro atoms. The number of nitrogens with zero attached hydrogens (tertiary/aromatic N) is 2. The SMILES string of the molecule is CCCCNC1CCN(c2cc(NCc3ccc(C)cc3)nc3c2=CCCC=3)CC1. The molecule has 0 saturated carbocycles. The number of hydrogen-bond donors (Lipinski definition) is 2. The molecule has 2 N–H and O–H groups in total. The number of aromatic nitrogens is 1. The summed E-state index contributed by atoms with van der Waals surface area (Å²) in [7, 11) is 0. The zero-order valence-corrected chi connectivity index (χ0v) is 18.6. The van der Waals surface area contributed by atoms with Gasteiger partial charge in [0.2, 0.25) is 0 Å². The van der Waals surface area contributed by atoms with E-state index in [0.29, 0.717) is 6.04 Å². The van der Waals surface area contributed by atoms with Crippen LogP contribution in [0.15, 0.2) is 30.3 Å². The van der Waals surface area contributed by atoms with Gasteiger partial charge in [0.1, 0.15) is 5.82 Å². The molecule has 1 fully saturated rings. The summed E-state index contributed by atoms with van der Waals surface area (Å²) in [6.45, 7) is 8.58. The maximum Gasteiger partial charge on any atom is 0.128 e. The molecule has 1 aliphatic heterocycles. The maximum absolute atomic E-state index is 4.93. The molecule has 4 heteroatoms. The van der Waals surface area contributed by atoms with E-state index >= 15 is 0 Å². The van der Waals surface area contributed by atoms with Gasteiger partial charge in [-0.25, -0.2) is 4.98 Å². The van der Waals surface area contributed by atoms with Crippen LogP contribution < -0.4 is 26.1 Å². The van der Waals surface area contributed by atoms with Crippen LogP contribution in [0.25, 0.3) is 12.2 Å². The van der Waals surface area contributed by atoms with E-state index in [0.717, 1.165) is 50.2 Å². The first-order valence-electron chi connectivity index (χ1n) is 11.7. The van der Waals surface area contributed by atoms with E-state index in [9.17, 15) is 0 Å². The summed E-state index contributed by atoms with van der Waals surface area (Å²) in [4.78, 5) is 7.50. The normalized spacial score (nSPS) is 16.5.